The minimum Gasteiger partial charge on any atom is -0.306 e. The smallest absolute Gasteiger partial charge is 0.138 e. The highest BCUT2D eigenvalue weighted by atomic mass is 16.1. The lowest BCUT2D eigenvalue weighted by molar-refractivity contribution is -0.126. The van der Waals surface area contributed by atoms with Crippen molar-refractivity contribution in [2.24, 2.45) is 11.8 Å². The van der Waals surface area contributed by atoms with Crippen LogP contribution in [-0.2, 0) is 4.79 Å². The van der Waals surface area contributed by atoms with Gasteiger partial charge in [-0.05, 0) is 25.9 Å². The lowest BCUT2D eigenvalue weighted by Gasteiger charge is -2.44. The lowest BCUT2D eigenvalue weighted by Crippen LogP contribution is -2.53. The minimum atomic E-state index is 0.251. The molecule has 0 amide bonds. The molecule has 3 heteroatoms. The number of hydrogen-bond donors (Lipinski definition) is 0. The Bertz CT molecular complexity index is 267. The number of Topliss-reactive ketones (excluding diaryl/α,β-unsaturated/α-hetero) is 1. The Labute approximate surface area is 98.8 Å². The molecule has 2 fully saturated rings. The van der Waals surface area contributed by atoms with E-state index in [1.165, 1.54) is 19.5 Å². The quantitative estimate of drug-likeness (QED) is 0.669. The molecule has 2 saturated heterocycles. The Kier molecular flexibility index (Phi) is 3.65. The van der Waals surface area contributed by atoms with E-state index < -0.39 is 0 Å². The number of hydrogen-bond acceptors (Lipinski definition) is 3. The largest absolute Gasteiger partial charge is 0.306 e. The van der Waals surface area contributed by atoms with Gasteiger partial charge in [-0.2, -0.15) is 0 Å². The van der Waals surface area contributed by atoms with Crippen LogP contribution in [0.2, 0.25) is 0 Å². The number of carbonyl (C=O) groups excluding carboxylic acids is 1. The monoisotopic (exact) mass is 224 g/mol. The molecule has 0 spiro atoms. The molecule has 0 aromatic heterocycles. The number of ketones is 1. The zero-order chi connectivity index (χ0) is 11.7. The molecule has 0 saturated carbocycles. The van der Waals surface area contributed by atoms with E-state index in [4.69, 9.17) is 0 Å². The van der Waals surface area contributed by atoms with E-state index in [9.17, 15) is 4.79 Å². The molecule has 2 aliphatic heterocycles. The molecule has 3 atom stereocenters. The van der Waals surface area contributed by atoms with E-state index in [1.54, 1.807) is 0 Å². The van der Waals surface area contributed by atoms with Crippen molar-refractivity contribution in [3.05, 3.63) is 0 Å². The van der Waals surface area contributed by atoms with Crippen LogP contribution in [0.1, 0.15) is 26.7 Å². The van der Waals surface area contributed by atoms with E-state index >= 15 is 0 Å². The van der Waals surface area contributed by atoms with Crippen molar-refractivity contribution >= 4 is 5.78 Å². The van der Waals surface area contributed by atoms with E-state index in [0.29, 0.717) is 11.8 Å². The maximum absolute atomic E-state index is 11.5. The molecule has 92 valence electrons. The van der Waals surface area contributed by atoms with Crippen LogP contribution >= 0.6 is 0 Å². The molecule has 0 bridgehead atoms. The van der Waals surface area contributed by atoms with Crippen molar-refractivity contribution in [1.82, 2.24) is 9.80 Å². The summed E-state index contributed by atoms with van der Waals surface area (Å²) in [5.41, 5.74) is 0. The molecular weight excluding hydrogens is 200 g/mol. The fourth-order valence-corrected chi connectivity index (χ4v) is 3.23. The van der Waals surface area contributed by atoms with Gasteiger partial charge in [-0.1, -0.05) is 13.8 Å². The van der Waals surface area contributed by atoms with Gasteiger partial charge in [0.15, 0.2) is 0 Å². The van der Waals surface area contributed by atoms with Gasteiger partial charge in [0.1, 0.15) is 5.78 Å². The van der Waals surface area contributed by atoms with Gasteiger partial charge in [-0.25, -0.2) is 0 Å². The molecule has 3 nitrogen and oxygen atoms in total. The summed E-state index contributed by atoms with van der Waals surface area (Å²) in [6.07, 6.45) is 2.03. The van der Waals surface area contributed by atoms with Crippen LogP contribution in [0.4, 0.5) is 0 Å². The summed E-state index contributed by atoms with van der Waals surface area (Å²) in [5.74, 6) is 1.44. The molecule has 0 N–H and O–H groups in total. The van der Waals surface area contributed by atoms with Gasteiger partial charge in [-0.3, -0.25) is 9.69 Å². The third-order valence-corrected chi connectivity index (χ3v) is 4.24. The number of nitrogens with zero attached hydrogens (tertiary/aromatic N) is 2. The van der Waals surface area contributed by atoms with Crippen molar-refractivity contribution in [2.45, 2.75) is 32.7 Å². The minimum absolute atomic E-state index is 0.251. The first-order chi connectivity index (χ1) is 7.58. The Morgan fingerprint density at radius 3 is 2.56 bits per heavy atom. The van der Waals surface area contributed by atoms with Gasteiger partial charge in [0.25, 0.3) is 0 Å². The predicted octanol–water partition coefficient (Wildman–Crippen LogP) is 1.24. The Morgan fingerprint density at radius 1 is 1.19 bits per heavy atom. The average molecular weight is 224 g/mol. The van der Waals surface area contributed by atoms with Crippen LogP contribution in [0, 0.1) is 11.8 Å². The second-order valence-corrected chi connectivity index (χ2v) is 5.71. The first-order valence-electron chi connectivity index (χ1n) is 6.53. The summed E-state index contributed by atoms with van der Waals surface area (Å²) < 4.78 is 0. The van der Waals surface area contributed by atoms with E-state index in [0.717, 1.165) is 25.4 Å². The van der Waals surface area contributed by atoms with Crippen LogP contribution in [0.25, 0.3) is 0 Å². The molecule has 0 aliphatic carbocycles. The topological polar surface area (TPSA) is 23.6 Å². The average Bonchev–Trinajstić information content (AvgIpc) is 2.22. The van der Waals surface area contributed by atoms with Gasteiger partial charge in [0, 0.05) is 38.0 Å². The fraction of sp³-hybridized carbons (Fsp3) is 0.923. The van der Waals surface area contributed by atoms with Crippen LogP contribution in [0.5, 0.6) is 0 Å². The second kappa shape index (κ2) is 4.84. The first kappa shape index (κ1) is 12.1. The molecular formula is C13H24N2O. The maximum atomic E-state index is 11.5. The molecule has 3 unspecified atom stereocenters. The van der Waals surface area contributed by atoms with Crippen LogP contribution in [-0.4, -0.2) is 54.9 Å². The molecule has 2 rings (SSSR count). The van der Waals surface area contributed by atoms with Crippen molar-refractivity contribution in [1.29, 1.82) is 0 Å². The van der Waals surface area contributed by atoms with Crippen molar-refractivity contribution in [3.8, 4) is 0 Å². The van der Waals surface area contributed by atoms with E-state index in [2.05, 4.69) is 30.7 Å². The number of likely N-dealkylation sites (tertiary alicyclic amines) is 2. The zero-order valence-electron chi connectivity index (χ0n) is 10.8. The highest BCUT2D eigenvalue weighted by Crippen LogP contribution is 2.25. The number of piperidine rings is 2. The third kappa shape index (κ3) is 2.46. The second-order valence-electron chi connectivity index (χ2n) is 5.71. The summed E-state index contributed by atoms with van der Waals surface area (Å²) in [7, 11) is 2.20. The lowest BCUT2D eigenvalue weighted by atomic mass is 9.89. The SMILES string of the molecule is CC1CN(C2CCN(C)CC2C)CCC1=O. The zero-order valence-corrected chi connectivity index (χ0v) is 10.8. The highest BCUT2D eigenvalue weighted by molar-refractivity contribution is 5.81. The van der Waals surface area contributed by atoms with Crippen molar-refractivity contribution < 1.29 is 4.79 Å². The molecule has 2 heterocycles. The van der Waals surface area contributed by atoms with Gasteiger partial charge < -0.3 is 4.90 Å². The molecule has 16 heavy (non-hydrogen) atoms. The van der Waals surface area contributed by atoms with Crippen molar-refractivity contribution in [2.75, 3.05) is 33.2 Å². The van der Waals surface area contributed by atoms with E-state index in [1.807, 2.05) is 0 Å². The summed E-state index contributed by atoms with van der Waals surface area (Å²) in [6.45, 7) is 8.80. The van der Waals surface area contributed by atoms with Gasteiger partial charge in [0.05, 0.1) is 0 Å². The Morgan fingerprint density at radius 2 is 1.94 bits per heavy atom. The molecule has 0 aromatic rings. The summed E-state index contributed by atoms with van der Waals surface area (Å²) in [5, 5.41) is 0. The number of carbonyl (C=O) groups is 1. The summed E-state index contributed by atoms with van der Waals surface area (Å²) >= 11 is 0. The highest BCUT2D eigenvalue weighted by Gasteiger charge is 2.33. The third-order valence-electron chi connectivity index (χ3n) is 4.24. The summed E-state index contributed by atoms with van der Waals surface area (Å²) in [4.78, 5) is 16.5. The van der Waals surface area contributed by atoms with Gasteiger partial charge in [-0.15, -0.1) is 0 Å². The summed E-state index contributed by atoms with van der Waals surface area (Å²) in [6, 6.07) is 0.701. The van der Waals surface area contributed by atoms with Crippen LogP contribution < -0.4 is 0 Å². The van der Waals surface area contributed by atoms with Crippen LogP contribution in [0.15, 0.2) is 0 Å². The maximum Gasteiger partial charge on any atom is 0.138 e. The predicted molar refractivity (Wildman–Crippen MR) is 65.4 cm³/mol. The Balaban J connectivity index is 1.94. The van der Waals surface area contributed by atoms with Gasteiger partial charge >= 0.3 is 0 Å². The first-order valence-corrected chi connectivity index (χ1v) is 6.53. The fourth-order valence-electron chi connectivity index (χ4n) is 3.23. The Hall–Kier alpha value is -0.410. The number of rotatable bonds is 1. The van der Waals surface area contributed by atoms with Crippen LogP contribution in [0.3, 0.4) is 0 Å². The van der Waals surface area contributed by atoms with E-state index in [-0.39, 0.29) is 5.92 Å². The molecule has 2 aliphatic rings. The van der Waals surface area contributed by atoms with Crippen molar-refractivity contribution in [3.63, 3.8) is 0 Å². The van der Waals surface area contributed by atoms with Gasteiger partial charge in [0.2, 0.25) is 0 Å². The normalized spacial score (nSPS) is 38.9. The molecule has 0 aromatic carbocycles. The standard InChI is InChI=1S/C13H24N2O/c1-10-8-14(3)6-4-12(10)15-7-5-13(16)11(2)9-15/h10-12H,4-9H2,1-3H3. The molecule has 0 radical (unpaired) electrons.